The van der Waals surface area contributed by atoms with Crippen LogP contribution < -0.4 is 0 Å². The Kier molecular flexibility index (Phi) is 6.24. The monoisotopic (exact) mass is 156 g/mol. The molecule has 0 amide bonds. The van der Waals surface area contributed by atoms with Gasteiger partial charge in [0.15, 0.2) is 0 Å². The number of hydrogen-bond donors (Lipinski definition) is 1. The van der Waals surface area contributed by atoms with Gasteiger partial charge in [0.1, 0.15) is 0 Å². The highest BCUT2D eigenvalue weighted by atomic mass is 16.3. The maximum absolute atomic E-state index is 8.73. The predicted molar refractivity (Wildman–Crippen MR) is 49.5 cm³/mol. The Hall–Kier alpha value is -0.300. The van der Waals surface area contributed by atoms with Crippen molar-refractivity contribution < 1.29 is 5.11 Å². The van der Waals surface area contributed by atoms with Crippen molar-refractivity contribution in [2.75, 3.05) is 6.61 Å². The minimum Gasteiger partial charge on any atom is -0.396 e. The number of hydrogen-bond acceptors (Lipinski definition) is 1. The van der Waals surface area contributed by atoms with Crippen molar-refractivity contribution >= 4 is 0 Å². The van der Waals surface area contributed by atoms with E-state index in [4.69, 9.17) is 5.11 Å². The number of unbranched alkanes of at least 4 members (excludes halogenated alkanes) is 1. The van der Waals surface area contributed by atoms with Crippen molar-refractivity contribution in [3.8, 4) is 0 Å². The van der Waals surface area contributed by atoms with Crippen LogP contribution in [-0.4, -0.2) is 11.7 Å². The lowest BCUT2D eigenvalue weighted by molar-refractivity contribution is 0.228. The molecule has 0 spiro atoms. The van der Waals surface area contributed by atoms with E-state index < -0.39 is 0 Å². The zero-order chi connectivity index (χ0) is 8.69. The fourth-order valence-electron chi connectivity index (χ4n) is 0.948. The van der Waals surface area contributed by atoms with Crippen LogP contribution >= 0.6 is 0 Å². The second kappa shape index (κ2) is 6.41. The van der Waals surface area contributed by atoms with Crippen molar-refractivity contribution in [2.45, 2.75) is 40.0 Å². The maximum Gasteiger partial charge on any atom is 0.0456 e. The zero-order valence-corrected chi connectivity index (χ0v) is 7.93. The third-order valence-electron chi connectivity index (χ3n) is 1.77. The van der Waals surface area contributed by atoms with E-state index in [0.717, 1.165) is 12.8 Å². The molecule has 0 fully saturated rings. The maximum atomic E-state index is 8.73. The fourth-order valence-corrected chi connectivity index (χ4v) is 0.948. The van der Waals surface area contributed by atoms with E-state index in [1.807, 2.05) is 0 Å². The summed E-state index contributed by atoms with van der Waals surface area (Å²) < 4.78 is 0. The molecule has 11 heavy (non-hydrogen) atoms. The Morgan fingerprint density at radius 3 is 2.55 bits per heavy atom. The van der Waals surface area contributed by atoms with Crippen LogP contribution in [0.4, 0.5) is 0 Å². The highest BCUT2D eigenvalue weighted by Gasteiger charge is 1.97. The molecule has 0 radical (unpaired) electrons. The van der Waals surface area contributed by atoms with Gasteiger partial charge in [-0.3, -0.25) is 0 Å². The van der Waals surface area contributed by atoms with Crippen molar-refractivity contribution in [1.29, 1.82) is 0 Å². The summed E-state index contributed by atoms with van der Waals surface area (Å²) in [5.74, 6) is 0.473. The predicted octanol–water partition coefficient (Wildman–Crippen LogP) is 2.75. The molecule has 0 aliphatic carbocycles. The number of allylic oxidation sites excluding steroid dienone is 2. The van der Waals surface area contributed by atoms with Gasteiger partial charge in [-0.15, -0.1) is 0 Å². The second-order valence-electron chi connectivity index (χ2n) is 3.50. The molecule has 1 N–H and O–H groups in total. The van der Waals surface area contributed by atoms with Crippen LogP contribution in [0.2, 0.25) is 0 Å². The number of aliphatic hydroxyl groups is 1. The van der Waals surface area contributed by atoms with Gasteiger partial charge < -0.3 is 5.11 Å². The van der Waals surface area contributed by atoms with Gasteiger partial charge in [0.25, 0.3) is 0 Å². The Balaban J connectivity index is 3.21. The first-order chi connectivity index (χ1) is 5.16. The van der Waals surface area contributed by atoms with E-state index in [1.165, 1.54) is 12.0 Å². The highest BCUT2D eigenvalue weighted by molar-refractivity contribution is 4.92. The van der Waals surface area contributed by atoms with E-state index in [2.05, 4.69) is 26.8 Å². The molecule has 1 unspecified atom stereocenters. The lowest BCUT2D eigenvalue weighted by Crippen LogP contribution is -1.99. The smallest absolute Gasteiger partial charge is 0.0456 e. The lowest BCUT2D eigenvalue weighted by atomic mass is 10.0. The quantitative estimate of drug-likeness (QED) is 0.479. The summed E-state index contributed by atoms with van der Waals surface area (Å²) in [5.41, 5.74) is 1.39. The Morgan fingerprint density at radius 2 is 2.09 bits per heavy atom. The van der Waals surface area contributed by atoms with Crippen molar-refractivity contribution in [3.63, 3.8) is 0 Å². The van der Waals surface area contributed by atoms with Gasteiger partial charge in [-0.1, -0.05) is 18.6 Å². The summed E-state index contributed by atoms with van der Waals surface area (Å²) in [7, 11) is 0. The fraction of sp³-hybridized carbons (Fsp3) is 0.800. The van der Waals surface area contributed by atoms with Crippen LogP contribution in [-0.2, 0) is 0 Å². The molecule has 0 aliphatic heterocycles. The van der Waals surface area contributed by atoms with Gasteiger partial charge in [0.2, 0.25) is 0 Å². The molecule has 0 heterocycles. The van der Waals surface area contributed by atoms with Gasteiger partial charge >= 0.3 is 0 Å². The topological polar surface area (TPSA) is 20.2 Å². The second-order valence-corrected chi connectivity index (χ2v) is 3.50. The molecule has 0 aromatic heterocycles. The first kappa shape index (κ1) is 10.7. The SMILES string of the molecule is CC(C)=CCCCC(C)CO. The van der Waals surface area contributed by atoms with E-state index in [9.17, 15) is 0 Å². The molecule has 1 heteroatoms. The van der Waals surface area contributed by atoms with E-state index in [-0.39, 0.29) is 0 Å². The van der Waals surface area contributed by atoms with Crippen molar-refractivity contribution in [3.05, 3.63) is 11.6 Å². The van der Waals surface area contributed by atoms with Gasteiger partial charge in [-0.25, -0.2) is 0 Å². The Bertz CT molecular complexity index is 112. The van der Waals surface area contributed by atoms with Gasteiger partial charge in [0.05, 0.1) is 0 Å². The summed E-state index contributed by atoms with van der Waals surface area (Å²) in [4.78, 5) is 0. The van der Waals surface area contributed by atoms with Crippen LogP contribution in [0, 0.1) is 5.92 Å². The van der Waals surface area contributed by atoms with E-state index in [0.29, 0.717) is 12.5 Å². The highest BCUT2D eigenvalue weighted by Crippen LogP contribution is 2.07. The molecular formula is C10H20O. The standard InChI is InChI=1S/C10H20O/c1-9(2)6-4-5-7-10(3)8-11/h6,10-11H,4-5,7-8H2,1-3H3. The van der Waals surface area contributed by atoms with Crippen LogP contribution in [0.25, 0.3) is 0 Å². The third-order valence-corrected chi connectivity index (χ3v) is 1.77. The average molecular weight is 156 g/mol. The minimum atomic E-state index is 0.328. The van der Waals surface area contributed by atoms with Crippen LogP contribution in [0.1, 0.15) is 40.0 Å². The molecule has 1 nitrogen and oxygen atoms in total. The van der Waals surface area contributed by atoms with Gasteiger partial charge in [-0.05, 0) is 39.0 Å². The summed E-state index contributed by atoms with van der Waals surface area (Å²) in [5, 5.41) is 8.73. The summed E-state index contributed by atoms with van der Waals surface area (Å²) >= 11 is 0. The summed E-state index contributed by atoms with van der Waals surface area (Å²) in [6.45, 7) is 6.66. The molecule has 0 bridgehead atoms. The van der Waals surface area contributed by atoms with Crippen LogP contribution in [0.5, 0.6) is 0 Å². The Labute approximate surface area is 70.1 Å². The van der Waals surface area contributed by atoms with Gasteiger partial charge in [-0.2, -0.15) is 0 Å². The molecule has 0 saturated heterocycles. The number of rotatable bonds is 5. The average Bonchev–Trinajstić information content (AvgIpc) is 1.97. The molecule has 1 atom stereocenters. The van der Waals surface area contributed by atoms with Crippen molar-refractivity contribution in [2.24, 2.45) is 5.92 Å². The molecule has 0 aliphatic rings. The normalized spacial score (nSPS) is 12.7. The third kappa shape index (κ3) is 7.60. The summed E-state index contributed by atoms with van der Waals surface area (Å²) in [6.07, 6.45) is 5.75. The first-order valence-electron chi connectivity index (χ1n) is 4.41. The summed E-state index contributed by atoms with van der Waals surface area (Å²) in [6, 6.07) is 0. The van der Waals surface area contributed by atoms with Crippen molar-refractivity contribution in [1.82, 2.24) is 0 Å². The zero-order valence-electron chi connectivity index (χ0n) is 7.93. The first-order valence-corrected chi connectivity index (χ1v) is 4.41. The van der Waals surface area contributed by atoms with E-state index >= 15 is 0 Å². The molecule has 0 rings (SSSR count). The van der Waals surface area contributed by atoms with Crippen LogP contribution in [0.3, 0.4) is 0 Å². The van der Waals surface area contributed by atoms with Crippen LogP contribution in [0.15, 0.2) is 11.6 Å². The molecule has 0 saturated carbocycles. The molecule has 0 aromatic rings. The van der Waals surface area contributed by atoms with Gasteiger partial charge in [0, 0.05) is 6.61 Å². The van der Waals surface area contributed by atoms with E-state index in [1.54, 1.807) is 0 Å². The molecule has 0 aromatic carbocycles. The Morgan fingerprint density at radius 1 is 1.45 bits per heavy atom. The number of aliphatic hydroxyl groups excluding tert-OH is 1. The molecule has 66 valence electrons. The lowest BCUT2D eigenvalue weighted by Gasteiger charge is -2.04. The molecular weight excluding hydrogens is 136 g/mol. The largest absolute Gasteiger partial charge is 0.396 e. The minimum absolute atomic E-state index is 0.328.